The van der Waals surface area contributed by atoms with Crippen LogP contribution in [0.4, 0.5) is 10.2 Å². The minimum absolute atomic E-state index is 0.0585. The van der Waals surface area contributed by atoms with Crippen LogP contribution in [0, 0.1) is 9.65 Å². The first-order valence-corrected chi connectivity index (χ1v) is 9.33. The topological polar surface area (TPSA) is 95.6 Å². The molecule has 0 bridgehead atoms. The van der Waals surface area contributed by atoms with E-state index in [0.717, 1.165) is 18.7 Å². The third-order valence-electron chi connectivity index (χ3n) is 4.64. The number of hydrogen-bond donors (Lipinski definition) is 2. The molecule has 2 aromatic heterocycles. The number of imidazole rings is 1. The van der Waals surface area contributed by atoms with E-state index in [-0.39, 0.29) is 5.82 Å². The Balaban J connectivity index is 1.81. The highest BCUT2D eigenvalue weighted by Gasteiger charge is 2.19. The molecule has 1 aromatic carbocycles. The van der Waals surface area contributed by atoms with Crippen molar-refractivity contribution in [3.63, 3.8) is 0 Å². The highest BCUT2D eigenvalue weighted by Crippen LogP contribution is 2.29. The second-order valence-corrected chi connectivity index (χ2v) is 7.42. The SMILES string of the molecule is NCCn1c(Cc2cc3c(cc2I)CCC3)nc2c(N)nc(F)nc21. The molecule has 25 heavy (non-hydrogen) atoms. The molecular weight excluding hydrogens is 434 g/mol. The Morgan fingerprint density at radius 3 is 2.68 bits per heavy atom. The highest BCUT2D eigenvalue weighted by atomic mass is 127. The monoisotopic (exact) mass is 452 g/mol. The Morgan fingerprint density at radius 2 is 1.92 bits per heavy atom. The van der Waals surface area contributed by atoms with Gasteiger partial charge in [-0.1, -0.05) is 6.07 Å². The van der Waals surface area contributed by atoms with E-state index < -0.39 is 6.08 Å². The van der Waals surface area contributed by atoms with Crippen LogP contribution in [-0.2, 0) is 25.8 Å². The summed E-state index contributed by atoms with van der Waals surface area (Å²) in [6.07, 6.45) is 3.28. The molecule has 0 unspecified atom stereocenters. The van der Waals surface area contributed by atoms with Crippen molar-refractivity contribution in [1.82, 2.24) is 19.5 Å². The van der Waals surface area contributed by atoms with E-state index in [0.29, 0.717) is 30.7 Å². The van der Waals surface area contributed by atoms with E-state index in [9.17, 15) is 4.39 Å². The summed E-state index contributed by atoms with van der Waals surface area (Å²) < 4.78 is 16.7. The number of fused-ring (bicyclic) bond motifs is 2. The molecule has 1 aliphatic carbocycles. The third-order valence-corrected chi connectivity index (χ3v) is 5.64. The Hall–Kier alpha value is -1.81. The zero-order valence-electron chi connectivity index (χ0n) is 13.6. The maximum atomic E-state index is 13.6. The summed E-state index contributed by atoms with van der Waals surface area (Å²) in [5, 5.41) is 0. The second kappa shape index (κ2) is 6.49. The molecule has 0 spiro atoms. The molecule has 2 heterocycles. The number of anilines is 1. The van der Waals surface area contributed by atoms with Gasteiger partial charge in [0.2, 0.25) is 0 Å². The first-order valence-electron chi connectivity index (χ1n) is 8.25. The fourth-order valence-electron chi connectivity index (χ4n) is 3.49. The van der Waals surface area contributed by atoms with Gasteiger partial charge in [0.05, 0.1) is 0 Å². The van der Waals surface area contributed by atoms with Gasteiger partial charge in [0, 0.05) is 23.1 Å². The summed E-state index contributed by atoms with van der Waals surface area (Å²) in [6.45, 7) is 0.911. The molecule has 0 fully saturated rings. The molecule has 130 valence electrons. The lowest BCUT2D eigenvalue weighted by Crippen LogP contribution is -2.14. The molecule has 0 aliphatic heterocycles. The quantitative estimate of drug-likeness (QED) is 0.468. The van der Waals surface area contributed by atoms with E-state index in [2.05, 4.69) is 49.7 Å². The number of hydrogen-bond acceptors (Lipinski definition) is 5. The Bertz CT molecular complexity index is 968. The van der Waals surface area contributed by atoms with E-state index in [4.69, 9.17) is 11.5 Å². The normalized spacial score (nSPS) is 13.6. The van der Waals surface area contributed by atoms with E-state index in [1.807, 2.05) is 4.57 Å². The summed E-state index contributed by atoms with van der Waals surface area (Å²) in [4.78, 5) is 12.1. The molecule has 0 saturated carbocycles. The van der Waals surface area contributed by atoms with Gasteiger partial charge in [-0.2, -0.15) is 14.4 Å². The number of rotatable bonds is 4. The molecular formula is C17H18FIN6. The van der Waals surface area contributed by atoms with Crippen molar-refractivity contribution >= 4 is 39.6 Å². The van der Waals surface area contributed by atoms with E-state index in [1.165, 1.54) is 26.7 Å². The first-order chi connectivity index (χ1) is 12.1. The van der Waals surface area contributed by atoms with Gasteiger partial charge in [-0.3, -0.25) is 0 Å². The van der Waals surface area contributed by atoms with Crippen LogP contribution in [-0.4, -0.2) is 26.1 Å². The van der Waals surface area contributed by atoms with Crippen LogP contribution in [0.25, 0.3) is 11.2 Å². The number of aryl methyl sites for hydroxylation is 2. The zero-order valence-corrected chi connectivity index (χ0v) is 15.8. The molecule has 0 radical (unpaired) electrons. The second-order valence-electron chi connectivity index (χ2n) is 6.26. The standard InChI is InChI=1S/C17H18FIN6/c18-17-23-15(21)14-16(24-17)25(5-4-20)13(22-14)8-11-6-9-2-1-3-10(9)7-12(11)19/h6-7H,1-5,8,20H2,(H2,21,23,24). The van der Waals surface area contributed by atoms with Crippen molar-refractivity contribution in [3.05, 3.63) is 44.3 Å². The lowest BCUT2D eigenvalue weighted by atomic mass is 10.0. The summed E-state index contributed by atoms with van der Waals surface area (Å²) in [6, 6.07) is 4.54. The van der Waals surface area contributed by atoms with Gasteiger partial charge in [0.1, 0.15) is 5.82 Å². The average molecular weight is 452 g/mol. The van der Waals surface area contributed by atoms with Gasteiger partial charge in [0.15, 0.2) is 17.0 Å². The molecule has 0 saturated heterocycles. The molecule has 6 nitrogen and oxygen atoms in total. The molecule has 4 rings (SSSR count). The van der Waals surface area contributed by atoms with Gasteiger partial charge < -0.3 is 16.0 Å². The van der Waals surface area contributed by atoms with Crippen molar-refractivity contribution < 1.29 is 4.39 Å². The fourth-order valence-corrected chi connectivity index (χ4v) is 4.21. The van der Waals surface area contributed by atoms with Crippen molar-refractivity contribution in [3.8, 4) is 0 Å². The Labute approximate surface area is 158 Å². The summed E-state index contributed by atoms with van der Waals surface area (Å²) >= 11 is 2.37. The molecule has 0 atom stereocenters. The van der Waals surface area contributed by atoms with Crippen LogP contribution in [0.1, 0.15) is 28.9 Å². The Kier molecular flexibility index (Phi) is 4.32. The number of halogens is 2. The zero-order chi connectivity index (χ0) is 17.6. The smallest absolute Gasteiger partial charge is 0.312 e. The van der Waals surface area contributed by atoms with Crippen molar-refractivity contribution in [2.75, 3.05) is 12.3 Å². The van der Waals surface area contributed by atoms with Crippen LogP contribution < -0.4 is 11.5 Å². The van der Waals surface area contributed by atoms with Crippen molar-refractivity contribution in [1.29, 1.82) is 0 Å². The third kappa shape index (κ3) is 2.97. The Morgan fingerprint density at radius 1 is 1.16 bits per heavy atom. The van der Waals surface area contributed by atoms with Crippen LogP contribution in [0.2, 0.25) is 0 Å². The van der Waals surface area contributed by atoms with E-state index in [1.54, 1.807) is 0 Å². The fraction of sp³-hybridized carbons (Fsp3) is 0.353. The van der Waals surface area contributed by atoms with Crippen LogP contribution in [0.3, 0.4) is 0 Å². The van der Waals surface area contributed by atoms with Crippen LogP contribution in [0.5, 0.6) is 0 Å². The minimum atomic E-state index is -0.846. The van der Waals surface area contributed by atoms with Gasteiger partial charge in [0.25, 0.3) is 0 Å². The lowest BCUT2D eigenvalue weighted by molar-refractivity contribution is 0.542. The number of nitrogen functional groups attached to an aromatic ring is 1. The predicted octanol–water partition coefficient (Wildman–Crippen LogP) is 2.19. The van der Waals surface area contributed by atoms with Gasteiger partial charge in [-0.05, 0) is 64.6 Å². The van der Waals surface area contributed by atoms with E-state index >= 15 is 0 Å². The number of nitrogens with zero attached hydrogens (tertiary/aromatic N) is 4. The molecule has 0 amide bonds. The minimum Gasteiger partial charge on any atom is -0.382 e. The predicted molar refractivity (Wildman–Crippen MR) is 103 cm³/mol. The number of aromatic nitrogens is 4. The molecule has 8 heteroatoms. The van der Waals surface area contributed by atoms with Crippen LogP contribution in [0.15, 0.2) is 12.1 Å². The van der Waals surface area contributed by atoms with Gasteiger partial charge in [-0.15, -0.1) is 0 Å². The summed E-state index contributed by atoms with van der Waals surface area (Å²) in [5.74, 6) is 0.839. The average Bonchev–Trinajstić information content (AvgIpc) is 3.14. The lowest BCUT2D eigenvalue weighted by Gasteiger charge is -2.10. The van der Waals surface area contributed by atoms with Gasteiger partial charge in [-0.25, -0.2) is 4.98 Å². The van der Waals surface area contributed by atoms with Crippen LogP contribution >= 0.6 is 22.6 Å². The molecule has 1 aliphatic rings. The first kappa shape index (κ1) is 16.6. The van der Waals surface area contributed by atoms with Gasteiger partial charge >= 0.3 is 6.08 Å². The summed E-state index contributed by atoms with van der Waals surface area (Å²) in [5.41, 5.74) is 16.5. The maximum absolute atomic E-state index is 13.6. The summed E-state index contributed by atoms with van der Waals surface area (Å²) in [7, 11) is 0. The highest BCUT2D eigenvalue weighted by molar-refractivity contribution is 14.1. The largest absolute Gasteiger partial charge is 0.382 e. The number of nitrogens with two attached hydrogens (primary N) is 2. The maximum Gasteiger partial charge on any atom is 0.312 e. The van der Waals surface area contributed by atoms with Crippen molar-refractivity contribution in [2.24, 2.45) is 5.73 Å². The number of benzene rings is 1. The molecule has 3 aromatic rings. The molecule has 4 N–H and O–H groups in total. The van der Waals surface area contributed by atoms with Crippen molar-refractivity contribution in [2.45, 2.75) is 32.2 Å².